The highest BCUT2D eigenvalue weighted by atomic mass is 16.5. The minimum absolute atomic E-state index is 0.00980. The van der Waals surface area contributed by atoms with Gasteiger partial charge in [0.15, 0.2) is 11.5 Å². The summed E-state index contributed by atoms with van der Waals surface area (Å²) in [5, 5.41) is 2.81. The lowest BCUT2D eigenvalue weighted by Gasteiger charge is -2.31. The molecular weight excluding hydrogens is 324 g/mol. The molecule has 1 fully saturated rings. The fourth-order valence-corrected chi connectivity index (χ4v) is 3.56. The van der Waals surface area contributed by atoms with Gasteiger partial charge in [-0.1, -0.05) is 0 Å². The van der Waals surface area contributed by atoms with Gasteiger partial charge in [-0.05, 0) is 33.1 Å². The standard InChI is InChI=1S/C18H24N2O5/c1-3-24-18(23)19-12-7-9-20(10-8-12)17(22)16-11(2)15-13(21)5-4-6-14(15)25-16/h12H,3-10H2,1-2H3,(H,19,23). The third-order valence-electron chi connectivity index (χ3n) is 4.88. The number of carbonyl (C=O) groups is 3. The van der Waals surface area contributed by atoms with E-state index >= 15 is 0 Å². The summed E-state index contributed by atoms with van der Waals surface area (Å²) < 4.78 is 10.6. The Hall–Kier alpha value is -2.31. The van der Waals surface area contributed by atoms with Gasteiger partial charge in [-0.15, -0.1) is 0 Å². The monoisotopic (exact) mass is 348 g/mol. The largest absolute Gasteiger partial charge is 0.455 e. The molecule has 0 aromatic carbocycles. The first kappa shape index (κ1) is 17.5. The zero-order valence-corrected chi connectivity index (χ0v) is 14.7. The molecule has 1 N–H and O–H groups in total. The van der Waals surface area contributed by atoms with Gasteiger partial charge in [0.25, 0.3) is 5.91 Å². The van der Waals surface area contributed by atoms with Crippen LogP contribution in [0.15, 0.2) is 4.42 Å². The van der Waals surface area contributed by atoms with E-state index < -0.39 is 6.09 Å². The Morgan fingerprint density at radius 2 is 2.00 bits per heavy atom. The van der Waals surface area contributed by atoms with Crippen LogP contribution in [0.1, 0.15) is 64.8 Å². The van der Waals surface area contributed by atoms with Crippen LogP contribution in [0.25, 0.3) is 0 Å². The minimum atomic E-state index is -0.416. The highest BCUT2D eigenvalue weighted by molar-refractivity contribution is 6.03. The van der Waals surface area contributed by atoms with Gasteiger partial charge in [0.2, 0.25) is 0 Å². The highest BCUT2D eigenvalue weighted by Crippen LogP contribution is 2.30. The van der Waals surface area contributed by atoms with Crippen LogP contribution in [0.5, 0.6) is 0 Å². The van der Waals surface area contributed by atoms with Crippen LogP contribution < -0.4 is 5.32 Å². The summed E-state index contributed by atoms with van der Waals surface area (Å²) in [5.41, 5.74) is 1.27. The van der Waals surface area contributed by atoms with Crippen molar-refractivity contribution in [2.45, 2.75) is 52.0 Å². The van der Waals surface area contributed by atoms with Crippen LogP contribution >= 0.6 is 0 Å². The number of hydrogen-bond donors (Lipinski definition) is 1. The number of amides is 2. The summed E-state index contributed by atoms with van der Waals surface area (Å²) in [4.78, 5) is 38.1. The summed E-state index contributed by atoms with van der Waals surface area (Å²) >= 11 is 0. The number of nitrogens with zero attached hydrogens (tertiary/aromatic N) is 1. The van der Waals surface area contributed by atoms with Crippen molar-refractivity contribution in [1.82, 2.24) is 10.2 Å². The van der Waals surface area contributed by atoms with Crippen LogP contribution in [0.2, 0.25) is 0 Å². The van der Waals surface area contributed by atoms with Crippen LogP contribution in [0.4, 0.5) is 4.79 Å². The van der Waals surface area contributed by atoms with Gasteiger partial charge in [-0.2, -0.15) is 0 Å². The Bertz CT molecular complexity index is 686. The average Bonchev–Trinajstić information content (AvgIpc) is 2.93. The number of ether oxygens (including phenoxy) is 1. The second-order valence-corrected chi connectivity index (χ2v) is 6.56. The lowest BCUT2D eigenvalue weighted by Crippen LogP contribution is -2.46. The van der Waals surface area contributed by atoms with Crippen LogP contribution in [-0.2, 0) is 11.2 Å². The Balaban J connectivity index is 1.64. The summed E-state index contributed by atoms with van der Waals surface area (Å²) in [6, 6.07) is 0.00980. The molecule has 7 heteroatoms. The third kappa shape index (κ3) is 3.55. The number of aryl methyl sites for hydroxylation is 1. The maximum atomic E-state index is 12.8. The molecule has 1 aromatic heterocycles. The molecule has 1 saturated heterocycles. The molecular formula is C18H24N2O5. The molecule has 0 radical (unpaired) electrons. The van der Waals surface area contributed by atoms with E-state index in [1.165, 1.54) is 0 Å². The van der Waals surface area contributed by atoms with Crippen LogP contribution in [-0.4, -0.2) is 48.4 Å². The van der Waals surface area contributed by atoms with Gasteiger partial charge in [0, 0.05) is 37.5 Å². The lowest BCUT2D eigenvalue weighted by molar-refractivity contribution is 0.0667. The molecule has 7 nitrogen and oxygen atoms in total. The second kappa shape index (κ2) is 7.29. The number of alkyl carbamates (subject to hydrolysis) is 1. The number of nitrogens with one attached hydrogen (secondary N) is 1. The summed E-state index contributed by atoms with van der Waals surface area (Å²) in [6.45, 7) is 4.96. The smallest absolute Gasteiger partial charge is 0.407 e. The van der Waals surface area contributed by atoms with Gasteiger partial charge in [-0.25, -0.2) is 4.79 Å². The molecule has 1 aromatic rings. The molecule has 0 atom stereocenters. The number of likely N-dealkylation sites (tertiary alicyclic amines) is 1. The van der Waals surface area contributed by atoms with Crippen LogP contribution in [0, 0.1) is 6.92 Å². The topological polar surface area (TPSA) is 88.8 Å². The molecule has 2 amide bonds. The van der Waals surface area contributed by atoms with E-state index in [0.717, 1.165) is 6.42 Å². The molecule has 1 aliphatic carbocycles. The molecule has 0 saturated carbocycles. The summed E-state index contributed by atoms with van der Waals surface area (Å²) in [5.74, 6) is 0.834. The van der Waals surface area contributed by atoms with Gasteiger partial charge in [-0.3, -0.25) is 9.59 Å². The average molecular weight is 348 g/mol. The number of carbonyl (C=O) groups excluding carboxylic acids is 3. The van der Waals surface area contributed by atoms with Crippen molar-refractivity contribution in [1.29, 1.82) is 0 Å². The first-order chi connectivity index (χ1) is 12.0. The quantitative estimate of drug-likeness (QED) is 0.906. The number of furan rings is 1. The first-order valence-electron chi connectivity index (χ1n) is 8.89. The molecule has 1 aliphatic heterocycles. The molecule has 136 valence electrons. The van der Waals surface area contributed by atoms with Crippen molar-refractivity contribution in [2.75, 3.05) is 19.7 Å². The van der Waals surface area contributed by atoms with Gasteiger partial charge < -0.3 is 19.4 Å². The Morgan fingerprint density at radius 1 is 1.28 bits per heavy atom. The van der Waals surface area contributed by atoms with Gasteiger partial charge >= 0.3 is 6.09 Å². The van der Waals surface area contributed by atoms with E-state index in [1.54, 1.807) is 18.7 Å². The maximum Gasteiger partial charge on any atom is 0.407 e. The van der Waals surface area contributed by atoms with E-state index in [4.69, 9.17) is 9.15 Å². The first-order valence-corrected chi connectivity index (χ1v) is 8.89. The van der Waals surface area contributed by atoms with Crippen molar-refractivity contribution in [3.8, 4) is 0 Å². The molecule has 2 aliphatic rings. The van der Waals surface area contributed by atoms with Gasteiger partial charge in [0.05, 0.1) is 12.2 Å². The lowest BCUT2D eigenvalue weighted by atomic mass is 9.94. The van der Waals surface area contributed by atoms with E-state index in [2.05, 4.69) is 5.32 Å². The third-order valence-corrected chi connectivity index (χ3v) is 4.88. The number of Topliss-reactive ketones (excluding diaryl/α,β-unsaturated/α-hetero) is 1. The molecule has 0 bridgehead atoms. The van der Waals surface area contributed by atoms with E-state index in [9.17, 15) is 14.4 Å². The maximum absolute atomic E-state index is 12.8. The van der Waals surface area contributed by atoms with E-state index in [1.807, 2.05) is 0 Å². The van der Waals surface area contributed by atoms with Crippen molar-refractivity contribution < 1.29 is 23.5 Å². The minimum Gasteiger partial charge on any atom is -0.455 e. The van der Waals surface area contributed by atoms with Crippen molar-refractivity contribution in [3.63, 3.8) is 0 Å². The SMILES string of the molecule is CCOC(=O)NC1CCN(C(=O)c2oc3c(c2C)C(=O)CCC3)CC1. The Labute approximate surface area is 146 Å². The number of hydrogen-bond acceptors (Lipinski definition) is 5. The van der Waals surface area contributed by atoms with Gasteiger partial charge in [0.1, 0.15) is 5.76 Å². The predicted octanol–water partition coefficient (Wildman–Crippen LogP) is 2.46. The normalized spacial score (nSPS) is 18.0. The van der Waals surface area contributed by atoms with Crippen molar-refractivity contribution in [2.24, 2.45) is 0 Å². The summed E-state index contributed by atoms with van der Waals surface area (Å²) in [7, 11) is 0. The molecule has 0 unspecified atom stereocenters. The second-order valence-electron chi connectivity index (χ2n) is 6.56. The number of fused-ring (bicyclic) bond motifs is 1. The van der Waals surface area contributed by atoms with E-state index in [0.29, 0.717) is 62.3 Å². The molecule has 0 spiro atoms. The van der Waals surface area contributed by atoms with Crippen molar-refractivity contribution >= 4 is 17.8 Å². The Morgan fingerprint density at radius 3 is 2.64 bits per heavy atom. The number of rotatable bonds is 3. The zero-order valence-electron chi connectivity index (χ0n) is 14.7. The predicted molar refractivity (Wildman–Crippen MR) is 89.8 cm³/mol. The van der Waals surface area contributed by atoms with E-state index in [-0.39, 0.29) is 23.5 Å². The highest BCUT2D eigenvalue weighted by Gasteiger charge is 2.32. The fourth-order valence-electron chi connectivity index (χ4n) is 3.56. The molecule has 25 heavy (non-hydrogen) atoms. The summed E-state index contributed by atoms with van der Waals surface area (Å²) in [6.07, 6.45) is 2.93. The Kier molecular flexibility index (Phi) is 5.11. The van der Waals surface area contributed by atoms with Crippen LogP contribution in [0.3, 0.4) is 0 Å². The number of ketones is 1. The molecule has 3 rings (SSSR count). The number of piperidine rings is 1. The zero-order chi connectivity index (χ0) is 18.0. The molecule has 2 heterocycles. The van der Waals surface area contributed by atoms with Crippen molar-refractivity contribution in [3.05, 3.63) is 22.6 Å². The fraction of sp³-hybridized carbons (Fsp3) is 0.611.